The number of aromatic amines is 1. The molecule has 0 saturated carbocycles. The molecule has 0 aliphatic carbocycles. The zero-order valence-corrected chi connectivity index (χ0v) is 20.4. The molecule has 9 heteroatoms. The van der Waals surface area contributed by atoms with Crippen molar-refractivity contribution in [3.63, 3.8) is 0 Å². The molecule has 1 saturated heterocycles. The minimum atomic E-state index is -0.859. The molecule has 6 rings (SSSR count). The quantitative estimate of drug-likeness (QED) is 0.364. The molecule has 0 radical (unpaired) electrons. The molecular weight excluding hydrogens is 460 g/mol. The topological polar surface area (TPSA) is 74.7 Å². The summed E-state index contributed by atoms with van der Waals surface area (Å²) < 4.78 is 31.6. The van der Waals surface area contributed by atoms with Crippen LogP contribution < -0.4 is 10.2 Å². The number of piperazine rings is 1. The van der Waals surface area contributed by atoms with Crippen LogP contribution in [0.15, 0.2) is 42.9 Å². The molecular formula is C27H27F2N7. The number of rotatable bonds is 4. The van der Waals surface area contributed by atoms with Crippen LogP contribution in [0.2, 0.25) is 0 Å². The van der Waals surface area contributed by atoms with Gasteiger partial charge < -0.3 is 19.8 Å². The number of hydrogen-bond acceptors (Lipinski definition) is 5. The molecule has 36 heavy (non-hydrogen) atoms. The monoisotopic (exact) mass is 487 g/mol. The van der Waals surface area contributed by atoms with E-state index in [2.05, 4.69) is 49.7 Å². The van der Waals surface area contributed by atoms with Crippen LogP contribution in [0.3, 0.4) is 0 Å². The van der Waals surface area contributed by atoms with Gasteiger partial charge in [-0.1, -0.05) is 0 Å². The molecule has 0 bridgehead atoms. The highest BCUT2D eigenvalue weighted by atomic mass is 19.2. The first-order chi connectivity index (χ1) is 17.4. The highest BCUT2D eigenvalue weighted by Gasteiger charge is 2.20. The van der Waals surface area contributed by atoms with Crippen molar-refractivity contribution in [1.29, 1.82) is 0 Å². The third kappa shape index (κ3) is 3.71. The van der Waals surface area contributed by atoms with Crippen molar-refractivity contribution in [1.82, 2.24) is 29.8 Å². The highest BCUT2D eigenvalue weighted by molar-refractivity contribution is 5.97. The number of imidazole rings is 1. The number of nitrogens with zero attached hydrogens (tertiary/aromatic N) is 5. The summed E-state index contributed by atoms with van der Waals surface area (Å²) in [5.41, 5.74) is 5.86. The third-order valence-corrected chi connectivity index (χ3v) is 6.88. The zero-order valence-electron chi connectivity index (χ0n) is 20.4. The summed E-state index contributed by atoms with van der Waals surface area (Å²) in [6.07, 6.45) is 5.41. The summed E-state index contributed by atoms with van der Waals surface area (Å²) >= 11 is 0. The lowest BCUT2D eigenvalue weighted by atomic mass is 10.0. The summed E-state index contributed by atoms with van der Waals surface area (Å²) in [6, 6.07) is 7.28. The molecule has 4 aromatic heterocycles. The van der Waals surface area contributed by atoms with E-state index in [1.807, 2.05) is 30.3 Å². The van der Waals surface area contributed by atoms with Gasteiger partial charge in [-0.05, 0) is 50.6 Å². The Labute approximate surface area is 207 Å². The van der Waals surface area contributed by atoms with E-state index in [-0.39, 0.29) is 11.7 Å². The molecule has 5 aromatic rings. The van der Waals surface area contributed by atoms with Crippen molar-refractivity contribution >= 4 is 27.9 Å². The summed E-state index contributed by atoms with van der Waals surface area (Å²) in [4.78, 5) is 18.9. The number of fused-ring (bicyclic) bond motifs is 2. The molecule has 2 N–H and O–H groups in total. The number of halogens is 2. The maximum atomic E-state index is 14.7. The summed E-state index contributed by atoms with van der Waals surface area (Å²) in [5.74, 6) is -0.748. The van der Waals surface area contributed by atoms with Crippen LogP contribution in [0, 0.1) is 18.6 Å². The van der Waals surface area contributed by atoms with Crippen LogP contribution in [0.4, 0.5) is 14.5 Å². The third-order valence-electron chi connectivity index (χ3n) is 6.88. The van der Waals surface area contributed by atoms with Crippen molar-refractivity contribution < 1.29 is 8.78 Å². The van der Waals surface area contributed by atoms with Crippen molar-refractivity contribution in [3.05, 3.63) is 60.3 Å². The number of H-pyrrole nitrogens is 1. The van der Waals surface area contributed by atoms with Gasteiger partial charge in [0.25, 0.3) is 0 Å². The number of hydrogen-bond donors (Lipinski definition) is 2. The van der Waals surface area contributed by atoms with Crippen LogP contribution in [-0.4, -0.2) is 50.7 Å². The van der Waals surface area contributed by atoms with E-state index in [0.717, 1.165) is 46.5 Å². The van der Waals surface area contributed by atoms with E-state index < -0.39 is 11.6 Å². The lowest BCUT2D eigenvalue weighted by molar-refractivity contribution is 0.500. The molecule has 0 spiro atoms. The van der Waals surface area contributed by atoms with Crippen molar-refractivity contribution in [3.8, 4) is 22.3 Å². The fraction of sp³-hybridized carbons (Fsp3) is 0.296. The second-order valence-corrected chi connectivity index (χ2v) is 9.54. The predicted molar refractivity (Wildman–Crippen MR) is 138 cm³/mol. The summed E-state index contributed by atoms with van der Waals surface area (Å²) in [6.45, 7) is 8.96. The van der Waals surface area contributed by atoms with Gasteiger partial charge in [0.2, 0.25) is 0 Å². The Bertz CT molecular complexity index is 1600. The Morgan fingerprint density at radius 1 is 0.944 bits per heavy atom. The van der Waals surface area contributed by atoms with Crippen molar-refractivity contribution in [2.75, 3.05) is 31.1 Å². The van der Waals surface area contributed by atoms with Gasteiger partial charge in [0, 0.05) is 72.9 Å². The number of aromatic nitrogens is 5. The van der Waals surface area contributed by atoms with Gasteiger partial charge in [-0.25, -0.2) is 23.7 Å². The second kappa shape index (κ2) is 8.67. The van der Waals surface area contributed by atoms with Crippen LogP contribution in [0.5, 0.6) is 0 Å². The van der Waals surface area contributed by atoms with Gasteiger partial charge in [-0.3, -0.25) is 0 Å². The zero-order chi connectivity index (χ0) is 25.0. The molecule has 0 amide bonds. The average molecular weight is 488 g/mol. The van der Waals surface area contributed by atoms with E-state index in [4.69, 9.17) is 0 Å². The first kappa shape index (κ1) is 22.6. The molecule has 1 aliphatic rings. The van der Waals surface area contributed by atoms with E-state index >= 15 is 0 Å². The summed E-state index contributed by atoms with van der Waals surface area (Å²) in [7, 11) is 0. The SMILES string of the molecule is Cc1nc2ncc(-c3c[nH]c4ncc(-c5cc(F)c(F)c(N6CCNCC6)c5)cc34)cc2n1C(C)C. The fourth-order valence-corrected chi connectivity index (χ4v) is 5.17. The van der Waals surface area contributed by atoms with E-state index in [1.54, 1.807) is 12.3 Å². The predicted octanol–water partition coefficient (Wildman–Crippen LogP) is 5.22. The average Bonchev–Trinajstić information content (AvgIpc) is 3.45. The molecule has 0 atom stereocenters. The van der Waals surface area contributed by atoms with E-state index in [9.17, 15) is 8.78 Å². The lowest BCUT2D eigenvalue weighted by Gasteiger charge is -2.30. The number of anilines is 1. The minimum absolute atomic E-state index is 0.251. The second-order valence-electron chi connectivity index (χ2n) is 9.54. The van der Waals surface area contributed by atoms with Crippen LogP contribution >= 0.6 is 0 Å². The largest absolute Gasteiger partial charge is 0.367 e. The molecule has 184 valence electrons. The fourth-order valence-electron chi connectivity index (χ4n) is 5.17. The summed E-state index contributed by atoms with van der Waals surface area (Å²) in [5, 5.41) is 4.13. The van der Waals surface area contributed by atoms with Crippen LogP contribution in [0.1, 0.15) is 25.7 Å². The van der Waals surface area contributed by atoms with Gasteiger partial charge in [0.15, 0.2) is 17.3 Å². The van der Waals surface area contributed by atoms with Gasteiger partial charge in [0.05, 0.1) is 11.2 Å². The number of pyridine rings is 2. The normalized spacial score (nSPS) is 14.4. The van der Waals surface area contributed by atoms with Crippen molar-refractivity contribution in [2.45, 2.75) is 26.8 Å². The number of benzene rings is 1. The van der Waals surface area contributed by atoms with Crippen LogP contribution in [-0.2, 0) is 0 Å². The number of nitrogens with one attached hydrogen (secondary N) is 2. The Morgan fingerprint density at radius 3 is 2.50 bits per heavy atom. The smallest absolute Gasteiger partial charge is 0.182 e. The van der Waals surface area contributed by atoms with Gasteiger partial charge >= 0.3 is 0 Å². The Morgan fingerprint density at radius 2 is 1.72 bits per heavy atom. The first-order valence-corrected chi connectivity index (χ1v) is 12.2. The van der Waals surface area contributed by atoms with Crippen LogP contribution in [0.25, 0.3) is 44.5 Å². The van der Waals surface area contributed by atoms with E-state index in [1.165, 1.54) is 6.07 Å². The Balaban J connectivity index is 1.46. The van der Waals surface area contributed by atoms with Gasteiger partial charge in [-0.2, -0.15) is 0 Å². The Hall–Kier alpha value is -3.85. The molecule has 1 fully saturated rings. The molecule has 0 unspecified atom stereocenters. The Kier molecular flexibility index (Phi) is 5.44. The molecule has 1 aromatic carbocycles. The lowest BCUT2D eigenvalue weighted by Crippen LogP contribution is -2.44. The molecule has 1 aliphatic heterocycles. The number of aryl methyl sites for hydroxylation is 1. The highest BCUT2D eigenvalue weighted by Crippen LogP contribution is 2.35. The standard InChI is InChI=1S/C27H27F2N7/c1-15(2)36-16(3)34-27-24(36)11-19(13-32-27)21-14-33-26-20(21)8-18(12-31-26)17-9-22(28)25(29)23(10-17)35-6-4-30-5-7-35/h8-15,30H,4-7H2,1-3H3,(H,31,33). The van der Waals surface area contributed by atoms with E-state index in [0.29, 0.717) is 29.9 Å². The minimum Gasteiger partial charge on any atom is -0.367 e. The van der Waals surface area contributed by atoms with Crippen molar-refractivity contribution in [2.24, 2.45) is 0 Å². The van der Waals surface area contributed by atoms with Gasteiger partial charge in [0.1, 0.15) is 11.5 Å². The maximum absolute atomic E-state index is 14.7. The molecule has 7 nitrogen and oxygen atoms in total. The maximum Gasteiger partial charge on any atom is 0.182 e. The first-order valence-electron chi connectivity index (χ1n) is 12.2. The van der Waals surface area contributed by atoms with Gasteiger partial charge in [-0.15, -0.1) is 0 Å². The molecule has 5 heterocycles.